The van der Waals surface area contributed by atoms with Gasteiger partial charge in [-0.15, -0.1) is 13.2 Å². The summed E-state index contributed by atoms with van der Waals surface area (Å²) in [6, 6.07) is 0.716. The van der Waals surface area contributed by atoms with E-state index in [0.717, 1.165) is 0 Å². The number of carbonyl (C=O) groups excluding carboxylic acids is 4. The number of phenols is 1. The van der Waals surface area contributed by atoms with Crippen molar-refractivity contribution >= 4 is 34.7 Å². The molecule has 3 aliphatic carbocycles. The molecular formula is C20H18F3N3O7. The van der Waals surface area contributed by atoms with Crippen molar-refractivity contribution in [2.24, 2.45) is 29.4 Å². The Morgan fingerprint density at radius 1 is 1.24 bits per heavy atom. The topological polar surface area (TPSA) is 194 Å². The third-order valence-corrected chi connectivity index (χ3v) is 6.68. The molecule has 5 unspecified atom stereocenters. The van der Waals surface area contributed by atoms with Crippen LogP contribution in [0.5, 0.6) is 11.5 Å². The van der Waals surface area contributed by atoms with Gasteiger partial charge in [-0.25, -0.2) is 0 Å². The van der Waals surface area contributed by atoms with E-state index in [1.807, 2.05) is 0 Å². The molecule has 4 rings (SSSR count). The second-order valence-corrected chi connectivity index (χ2v) is 8.50. The van der Waals surface area contributed by atoms with E-state index in [1.165, 1.54) is 0 Å². The third kappa shape index (κ3) is 3.17. The lowest BCUT2D eigenvalue weighted by atomic mass is 9.53. The number of nitrogens with one attached hydrogen (secondary N) is 1. The first-order chi connectivity index (χ1) is 15.2. The summed E-state index contributed by atoms with van der Waals surface area (Å²) >= 11 is 0. The summed E-state index contributed by atoms with van der Waals surface area (Å²) in [6.45, 7) is 0. The van der Waals surface area contributed by atoms with Crippen LogP contribution in [0.15, 0.2) is 6.07 Å². The van der Waals surface area contributed by atoms with Crippen molar-refractivity contribution in [2.45, 2.75) is 31.2 Å². The highest BCUT2D eigenvalue weighted by Gasteiger charge is 2.64. The molecule has 1 aromatic carbocycles. The number of Topliss-reactive ketones (excluding diaryl/α,β-unsaturated/α-hetero) is 3. The van der Waals surface area contributed by atoms with E-state index in [2.05, 4.69) is 4.74 Å². The molecule has 0 saturated heterocycles. The van der Waals surface area contributed by atoms with Gasteiger partial charge < -0.3 is 31.8 Å². The molecule has 3 aliphatic rings. The van der Waals surface area contributed by atoms with Crippen LogP contribution in [0, 0.1) is 29.1 Å². The molecule has 2 fully saturated rings. The molecule has 0 bridgehead atoms. The number of ether oxygens (including phenoxy) is 1. The van der Waals surface area contributed by atoms with Crippen LogP contribution in [0.4, 0.5) is 18.9 Å². The van der Waals surface area contributed by atoms with Crippen LogP contribution >= 0.6 is 0 Å². The summed E-state index contributed by atoms with van der Waals surface area (Å²) in [7, 11) is 0. The van der Waals surface area contributed by atoms with Crippen molar-refractivity contribution in [3.05, 3.63) is 17.2 Å². The van der Waals surface area contributed by atoms with E-state index in [4.69, 9.17) is 16.9 Å². The predicted octanol–water partition coefficient (Wildman–Crippen LogP) is 0.258. The number of ketones is 3. The number of anilines is 1. The Morgan fingerprint density at radius 3 is 2.45 bits per heavy atom. The number of alkyl halides is 3. The molecule has 2 saturated carbocycles. The monoisotopic (exact) mass is 469 g/mol. The summed E-state index contributed by atoms with van der Waals surface area (Å²) in [6.07, 6.45) is -6.13. The predicted molar refractivity (Wildman–Crippen MR) is 102 cm³/mol. The summed E-state index contributed by atoms with van der Waals surface area (Å²) in [4.78, 5) is 50.6. The van der Waals surface area contributed by atoms with Crippen LogP contribution in [-0.2, 0) is 20.8 Å². The average molecular weight is 469 g/mol. The number of aliphatic hydroxyl groups is 1. The van der Waals surface area contributed by atoms with Gasteiger partial charge in [-0.3, -0.25) is 19.2 Å². The molecule has 7 N–H and O–H groups in total. The summed E-state index contributed by atoms with van der Waals surface area (Å²) in [5, 5.41) is 29.6. The summed E-state index contributed by atoms with van der Waals surface area (Å²) < 4.78 is 42.7. The SMILES string of the molecule is N=C1C(C(N)=O)C(=O)CC2CC3Cc4c(OC(F)(F)F)cc(N)c(O)c4C(=O)C3C(=O)C12O. The van der Waals surface area contributed by atoms with Gasteiger partial charge in [-0.2, -0.15) is 0 Å². The molecule has 0 radical (unpaired) electrons. The maximum Gasteiger partial charge on any atom is 0.573 e. The Labute approximate surface area is 183 Å². The van der Waals surface area contributed by atoms with Gasteiger partial charge in [-0.1, -0.05) is 0 Å². The molecule has 0 aromatic heterocycles. The Balaban J connectivity index is 1.83. The van der Waals surface area contributed by atoms with Crippen LogP contribution in [-0.4, -0.2) is 51.1 Å². The number of aromatic hydroxyl groups is 1. The molecule has 1 amide bonds. The van der Waals surface area contributed by atoms with Gasteiger partial charge in [0.1, 0.15) is 17.4 Å². The first-order valence-electron chi connectivity index (χ1n) is 9.80. The fourth-order valence-electron chi connectivity index (χ4n) is 5.29. The number of nitrogen functional groups attached to an aromatic ring is 1. The smallest absolute Gasteiger partial charge is 0.505 e. The first kappa shape index (κ1) is 22.7. The van der Waals surface area contributed by atoms with E-state index < -0.39 is 93.8 Å². The number of rotatable bonds is 2. The number of nitrogens with two attached hydrogens (primary N) is 2. The standard InChI is InChI=1S/C20H18F3N3O7/c21-20(22,23)33-10-4-8(24)14(28)12-7(10)2-5-1-6-3-9(27)13(18(26)31)16(25)19(6,32)17(30)11(5)15(12)29/h4-6,11,13,25,28,32H,1-3,24H2,(H2,26,31). The molecule has 33 heavy (non-hydrogen) atoms. The molecule has 0 spiro atoms. The zero-order valence-corrected chi connectivity index (χ0v) is 16.7. The number of phenolic OH excluding ortho intramolecular Hbond substituents is 1. The Bertz CT molecular complexity index is 1150. The van der Waals surface area contributed by atoms with Gasteiger partial charge in [0.2, 0.25) is 5.91 Å². The fourth-order valence-corrected chi connectivity index (χ4v) is 5.29. The lowest BCUT2D eigenvalue weighted by molar-refractivity contribution is -0.275. The van der Waals surface area contributed by atoms with Crippen molar-refractivity contribution in [3.8, 4) is 11.5 Å². The minimum absolute atomic E-state index is 0.186. The average Bonchev–Trinajstić information content (AvgIpc) is 2.67. The van der Waals surface area contributed by atoms with Crippen LogP contribution in [0.25, 0.3) is 0 Å². The van der Waals surface area contributed by atoms with E-state index in [-0.39, 0.29) is 18.4 Å². The van der Waals surface area contributed by atoms with Crippen molar-refractivity contribution in [1.29, 1.82) is 5.41 Å². The molecule has 1 aromatic rings. The zero-order chi connectivity index (χ0) is 24.6. The Kier molecular flexibility index (Phi) is 4.82. The molecule has 13 heteroatoms. The summed E-state index contributed by atoms with van der Waals surface area (Å²) in [5.74, 6) is -11.5. The highest BCUT2D eigenvalue weighted by atomic mass is 19.4. The zero-order valence-electron chi connectivity index (χ0n) is 16.7. The molecule has 0 heterocycles. The van der Waals surface area contributed by atoms with Crippen LogP contribution in [0.2, 0.25) is 0 Å². The van der Waals surface area contributed by atoms with E-state index in [0.29, 0.717) is 6.07 Å². The quantitative estimate of drug-likeness (QED) is 0.231. The van der Waals surface area contributed by atoms with E-state index in [9.17, 15) is 42.6 Å². The summed E-state index contributed by atoms with van der Waals surface area (Å²) in [5.41, 5.74) is 5.58. The second kappa shape index (κ2) is 7.01. The van der Waals surface area contributed by atoms with Gasteiger partial charge in [-0.05, 0) is 18.8 Å². The number of fused-ring (bicyclic) bond motifs is 3. The second-order valence-electron chi connectivity index (χ2n) is 8.50. The molecular weight excluding hydrogens is 451 g/mol. The highest BCUT2D eigenvalue weighted by Crippen LogP contribution is 2.52. The number of primary amides is 1. The number of amides is 1. The molecule has 5 atom stereocenters. The highest BCUT2D eigenvalue weighted by molar-refractivity contribution is 6.32. The van der Waals surface area contributed by atoms with Gasteiger partial charge in [0.15, 0.2) is 23.0 Å². The lowest BCUT2D eigenvalue weighted by Gasteiger charge is -2.49. The van der Waals surface area contributed by atoms with Crippen LogP contribution in [0.3, 0.4) is 0 Å². The minimum atomic E-state index is -5.13. The third-order valence-electron chi connectivity index (χ3n) is 6.68. The maximum atomic E-state index is 13.3. The van der Waals surface area contributed by atoms with Crippen molar-refractivity contribution in [2.75, 3.05) is 5.73 Å². The Morgan fingerprint density at radius 2 is 1.88 bits per heavy atom. The van der Waals surface area contributed by atoms with Gasteiger partial charge in [0, 0.05) is 24.0 Å². The molecule has 10 nitrogen and oxygen atoms in total. The Hall–Kier alpha value is -3.48. The van der Waals surface area contributed by atoms with Gasteiger partial charge in [0.25, 0.3) is 0 Å². The number of carbonyl (C=O) groups is 4. The van der Waals surface area contributed by atoms with E-state index >= 15 is 0 Å². The van der Waals surface area contributed by atoms with Gasteiger partial charge in [0.05, 0.1) is 22.9 Å². The number of benzene rings is 1. The molecule has 0 aliphatic heterocycles. The van der Waals surface area contributed by atoms with Gasteiger partial charge >= 0.3 is 6.36 Å². The molecule has 176 valence electrons. The van der Waals surface area contributed by atoms with E-state index in [1.54, 1.807) is 0 Å². The van der Waals surface area contributed by atoms with Crippen LogP contribution < -0.4 is 16.2 Å². The van der Waals surface area contributed by atoms with Crippen molar-refractivity contribution < 1.29 is 47.3 Å². The minimum Gasteiger partial charge on any atom is -0.505 e. The van der Waals surface area contributed by atoms with Crippen LogP contribution in [0.1, 0.15) is 28.8 Å². The number of halogens is 3. The normalized spacial score (nSPS) is 31.5. The van der Waals surface area contributed by atoms with Crippen molar-refractivity contribution in [3.63, 3.8) is 0 Å². The maximum absolute atomic E-state index is 13.3. The lowest BCUT2D eigenvalue weighted by Crippen LogP contribution is -2.68. The first-order valence-corrected chi connectivity index (χ1v) is 9.80. The largest absolute Gasteiger partial charge is 0.573 e. The number of hydrogen-bond donors (Lipinski definition) is 5. The number of hydrogen-bond acceptors (Lipinski definition) is 9. The van der Waals surface area contributed by atoms with Crippen molar-refractivity contribution in [1.82, 2.24) is 0 Å². The fraction of sp³-hybridized carbons (Fsp3) is 0.450.